The number of hydrogen-bond acceptors (Lipinski definition) is 6. The lowest BCUT2D eigenvalue weighted by Crippen LogP contribution is -2.45. The number of aryl methyl sites for hydroxylation is 1. The van der Waals surface area contributed by atoms with Gasteiger partial charge in [0.25, 0.3) is 0 Å². The molecule has 0 radical (unpaired) electrons. The molecule has 0 bridgehead atoms. The fraction of sp³-hybridized carbons (Fsp3) is 0.417. The Labute approximate surface area is 186 Å². The molecule has 1 fully saturated rings. The van der Waals surface area contributed by atoms with Gasteiger partial charge in [0.1, 0.15) is 0 Å². The van der Waals surface area contributed by atoms with E-state index in [1.807, 2.05) is 41.3 Å². The summed E-state index contributed by atoms with van der Waals surface area (Å²) in [6.07, 6.45) is 3.47. The lowest BCUT2D eigenvalue weighted by Gasteiger charge is -2.35. The van der Waals surface area contributed by atoms with Crippen molar-refractivity contribution in [2.75, 3.05) is 31.1 Å². The predicted molar refractivity (Wildman–Crippen MR) is 124 cm³/mol. The largest absolute Gasteiger partial charge is 0.461 e. The molecule has 1 atom stereocenters. The van der Waals surface area contributed by atoms with Crippen LogP contribution < -0.4 is 4.90 Å². The van der Waals surface area contributed by atoms with Crippen LogP contribution in [0.1, 0.15) is 32.3 Å². The lowest BCUT2D eigenvalue weighted by molar-refractivity contribution is -0.135. The summed E-state index contributed by atoms with van der Waals surface area (Å²) in [6, 6.07) is 9.89. The molecule has 8 heteroatoms. The van der Waals surface area contributed by atoms with Crippen LogP contribution in [0.4, 0.5) is 5.95 Å². The number of aromatic nitrogens is 4. The minimum atomic E-state index is -0.0437. The maximum Gasteiger partial charge on any atom is 0.227 e. The molecule has 0 saturated carbocycles. The van der Waals surface area contributed by atoms with Gasteiger partial charge in [-0.15, -0.1) is 10.2 Å². The van der Waals surface area contributed by atoms with Crippen LogP contribution in [0, 0.1) is 12.8 Å². The molecule has 8 nitrogen and oxygen atoms in total. The quantitative estimate of drug-likeness (QED) is 0.475. The maximum atomic E-state index is 13.1. The molecule has 4 aromatic rings. The van der Waals surface area contributed by atoms with Gasteiger partial charge in [-0.1, -0.05) is 11.6 Å². The van der Waals surface area contributed by atoms with Gasteiger partial charge in [-0.3, -0.25) is 4.79 Å². The van der Waals surface area contributed by atoms with Crippen molar-refractivity contribution in [1.29, 1.82) is 0 Å². The van der Waals surface area contributed by atoms with Gasteiger partial charge in [-0.25, -0.2) is 9.38 Å². The Morgan fingerprint density at radius 1 is 1.22 bits per heavy atom. The van der Waals surface area contributed by atoms with Crippen molar-refractivity contribution in [3.63, 3.8) is 0 Å². The second-order valence-corrected chi connectivity index (χ2v) is 8.39. The highest BCUT2D eigenvalue weighted by molar-refractivity contribution is 5.94. The first-order valence-corrected chi connectivity index (χ1v) is 11.3. The van der Waals surface area contributed by atoms with Gasteiger partial charge in [0, 0.05) is 31.6 Å². The summed E-state index contributed by atoms with van der Waals surface area (Å²) in [4.78, 5) is 22.2. The molecule has 3 aromatic heterocycles. The van der Waals surface area contributed by atoms with Crippen LogP contribution in [0.3, 0.4) is 0 Å². The number of benzene rings is 1. The number of anilines is 1. The van der Waals surface area contributed by atoms with E-state index in [1.54, 1.807) is 6.26 Å². The Morgan fingerprint density at radius 3 is 2.81 bits per heavy atom. The van der Waals surface area contributed by atoms with E-state index in [0.717, 1.165) is 60.5 Å². The van der Waals surface area contributed by atoms with Crippen molar-refractivity contribution in [3.05, 3.63) is 42.2 Å². The van der Waals surface area contributed by atoms with E-state index in [9.17, 15) is 4.79 Å². The Bertz CT molecular complexity index is 1260. The average Bonchev–Trinajstić information content (AvgIpc) is 3.49. The predicted octanol–water partition coefficient (Wildman–Crippen LogP) is 3.93. The van der Waals surface area contributed by atoms with Crippen molar-refractivity contribution in [3.8, 4) is 11.6 Å². The standard InChI is InChI=1S/C24H28N6O2/c1-4-28(5-2)23(31)17-8-6-12-29(15-17)24-25-19-11-10-16(3)14-18(19)21-26-27-22(30(21)24)20-9-7-13-32-20/h7,9-11,13-14,17H,4-6,8,12,15H2,1-3H3. The summed E-state index contributed by atoms with van der Waals surface area (Å²) >= 11 is 0. The Morgan fingerprint density at radius 2 is 2.06 bits per heavy atom. The molecule has 1 unspecified atom stereocenters. The van der Waals surface area contributed by atoms with E-state index in [0.29, 0.717) is 18.1 Å². The van der Waals surface area contributed by atoms with Crippen molar-refractivity contribution >= 4 is 28.4 Å². The van der Waals surface area contributed by atoms with Crippen LogP contribution in [0.15, 0.2) is 41.0 Å². The fourth-order valence-electron chi connectivity index (χ4n) is 4.66. The smallest absolute Gasteiger partial charge is 0.227 e. The highest BCUT2D eigenvalue weighted by Gasteiger charge is 2.31. The van der Waals surface area contributed by atoms with Gasteiger partial charge in [0.15, 0.2) is 11.4 Å². The molecular formula is C24H28N6O2. The lowest BCUT2D eigenvalue weighted by atomic mass is 9.96. The molecule has 1 aromatic carbocycles. The summed E-state index contributed by atoms with van der Waals surface area (Å²) in [5.41, 5.74) is 2.75. The summed E-state index contributed by atoms with van der Waals surface area (Å²) in [6.45, 7) is 9.05. The first-order valence-electron chi connectivity index (χ1n) is 11.3. The number of fused-ring (bicyclic) bond motifs is 3. The Kier molecular flexibility index (Phi) is 5.28. The van der Waals surface area contributed by atoms with Crippen molar-refractivity contribution in [2.24, 2.45) is 5.92 Å². The Balaban J connectivity index is 1.64. The van der Waals surface area contributed by atoms with E-state index in [1.165, 1.54) is 0 Å². The van der Waals surface area contributed by atoms with Crippen molar-refractivity contribution in [2.45, 2.75) is 33.6 Å². The number of amides is 1. The number of carbonyl (C=O) groups is 1. The van der Waals surface area contributed by atoms with Crippen LogP contribution in [0.25, 0.3) is 28.1 Å². The first kappa shape index (κ1) is 20.5. The molecule has 4 heterocycles. The molecule has 32 heavy (non-hydrogen) atoms. The third kappa shape index (κ3) is 3.39. The van der Waals surface area contributed by atoms with Crippen LogP contribution in [0.5, 0.6) is 0 Å². The van der Waals surface area contributed by atoms with E-state index >= 15 is 0 Å². The molecular weight excluding hydrogens is 404 g/mol. The van der Waals surface area contributed by atoms with E-state index in [4.69, 9.17) is 9.40 Å². The number of rotatable bonds is 5. The van der Waals surface area contributed by atoms with Crippen molar-refractivity contribution < 1.29 is 9.21 Å². The SMILES string of the molecule is CCN(CC)C(=O)C1CCCN(c2nc3ccc(C)cc3c3nnc(-c4ccco4)n23)C1. The third-order valence-electron chi connectivity index (χ3n) is 6.35. The summed E-state index contributed by atoms with van der Waals surface area (Å²) < 4.78 is 7.63. The molecule has 1 aliphatic rings. The fourth-order valence-corrected chi connectivity index (χ4v) is 4.66. The second-order valence-electron chi connectivity index (χ2n) is 8.39. The van der Waals surface area contributed by atoms with E-state index in [2.05, 4.69) is 34.2 Å². The number of nitrogens with zero attached hydrogens (tertiary/aromatic N) is 6. The zero-order chi connectivity index (χ0) is 22.2. The van der Waals surface area contributed by atoms with Gasteiger partial charge in [-0.05, 0) is 57.9 Å². The first-order chi connectivity index (χ1) is 15.6. The second kappa shape index (κ2) is 8.26. The normalized spacial score (nSPS) is 16.7. The number of furan rings is 1. The average molecular weight is 433 g/mol. The molecule has 1 saturated heterocycles. The maximum absolute atomic E-state index is 13.1. The van der Waals surface area contributed by atoms with Gasteiger partial charge in [0.05, 0.1) is 17.7 Å². The summed E-state index contributed by atoms with van der Waals surface area (Å²) in [7, 11) is 0. The van der Waals surface area contributed by atoms with Gasteiger partial charge < -0.3 is 14.2 Å². The van der Waals surface area contributed by atoms with Crippen LogP contribution in [0.2, 0.25) is 0 Å². The highest BCUT2D eigenvalue weighted by atomic mass is 16.3. The number of hydrogen-bond donors (Lipinski definition) is 0. The molecule has 5 rings (SSSR count). The number of carbonyl (C=O) groups excluding carboxylic acids is 1. The van der Waals surface area contributed by atoms with Gasteiger partial charge >= 0.3 is 0 Å². The zero-order valence-corrected chi connectivity index (χ0v) is 18.8. The monoisotopic (exact) mass is 432 g/mol. The number of piperidine rings is 1. The van der Waals surface area contributed by atoms with Gasteiger partial charge in [-0.2, -0.15) is 0 Å². The minimum absolute atomic E-state index is 0.0437. The molecule has 0 aliphatic carbocycles. The third-order valence-corrected chi connectivity index (χ3v) is 6.35. The van der Waals surface area contributed by atoms with Crippen LogP contribution in [-0.4, -0.2) is 56.6 Å². The molecule has 166 valence electrons. The molecule has 1 aliphatic heterocycles. The van der Waals surface area contributed by atoms with Crippen LogP contribution >= 0.6 is 0 Å². The molecule has 0 N–H and O–H groups in total. The topological polar surface area (TPSA) is 79.8 Å². The molecule has 0 spiro atoms. The zero-order valence-electron chi connectivity index (χ0n) is 18.8. The Hall–Kier alpha value is -3.42. The molecule has 1 amide bonds. The van der Waals surface area contributed by atoms with E-state index < -0.39 is 0 Å². The highest BCUT2D eigenvalue weighted by Crippen LogP contribution is 2.31. The minimum Gasteiger partial charge on any atom is -0.461 e. The summed E-state index contributed by atoms with van der Waals surface area (Å²) in [5.74, 6) is 2.19. The summed E-state index contributed by atoms with van der Waals surface area (Å²) in [5, 5.41) is 9.93. The van der Waals surface area contributed by atoms with E-state index in [-0.39, 0.29) is 11.8 Å². The van der Waals surface area contributed by atoms with Crippen molar-refractivity contribution in [1.82, 2.24) is 24.5 Å². The van der Waals surface area contributed by atoms with Gasteiger partial charge in [0.2, 0.25) is 17.7 Å². The van der Waals surface area contributed by atoms with Crippen LogP contribution in [-0.2, 0) is 4.79 Å².